The van der Waals surface area contributed by atoms with Crippen LogP contribution in [-0.4, -0.2) is 37.6 Å². The number of carbonyl (C=O) groups is 3. The van der Waals surface area contributed by atoms with Gasteiger partial charge in [-0.3, -0.25) is 4.79 Å². The fourth-order valence-corrected chi connectivity index (χ4v) is 1.79. The van der Waals surface area contributed by atoms with E-state index in [-0.39, 0.29) is 17.0 Å². The minimum atomic E-state index is -0.854. The molecule has 21 heavy (non-hydrogen) atoms. The number of rotatable bonds is 4. The predicted octanol–water partition coefficient (Wildman–Crippen LogP) is 0.690. The molecule has 3 N–H and O–H groups in total. The van der Waals surface area contributed by atoms with E-state index in [1.54, 1.807) is 0 Å². The van der Waals surface area contributed by atoms with Crippen molar-refractivity contribution in [3.8, 4) is 0 Å². The molecule has 0 radical (unpaired) electrons. The Hall–Kier alpha value is -2.41. The number of methoxy groups -OCH3 is 2. The van der Waals surface area contributed by atoms with E-state index in [1.807, 2.05) is 0 Å². The summed E-state index contributed by atoms with van der Waals surface area (Å²) in [5, 5.41) is 2.60. The number of hydrogen-bond donors (Lipinski definition) is 2. The summed E-state index contributed by atoms with van der Waals surface area (Å²) in [7, 11) is 2.45. The Morgan fingerprint density at radius 2 is 1.52 bits per heavy atom. The Balaban J connectivity index is 2.32. The normalized spacial score (nSPS) is 15.0. The average Bonchev–Trinajstić information content (AvgIpc) is 3.24. The highest BCUT2D eigenvalue weighted by atomic mass is 16.5. The molecule has 112 valence electrons. The van der Waals surface area contributed by atoms with Gasteiger partial charge in [-0.1, -0.05) is 0 Å². The second kappa shape index (κ2) is 5.53. The molecule has 0 bridgehead atoms. The van der Waals surface area contributed by atoms with E-state index in [4.69, 9.17) is 5.73 Å². The van der Waals surface area contributed by atoms with Crippen LogP contribution in [0.1, 0.15) is 33.6 Å². The van der Waals surface area contributed by atoms with Crippen LogP contribution in [0.25, 0.3) is 0 Å². The molecule has 1 aromatic carbocycles. The highest BCUT2D eigenvalue weighted by Gasteiger charge is 2.46. The molecule has 1 aromatic rings. The standard InChI is InChI=1S/C14H16N2O5/c1-20-11(17)8-5-9(12(18)21-2)7-10(6-8)16-13(19)14(15)3-4-14/h5-7H,3-4,15H2,1-2H3,(H,16,19). The van der Waals surface area contributed by atoms with Crippen molar-refractivity contribution < 1.29 is 23.9 Å². The van der Waals surface area contributed by atoms with E-state index in [0.29, 0.717) is 18.5 Å². The molecule has 0 aliphatic heterocycles. The maximum atomic E-state index is 11.9. The molecular weight excluding hydrogens is 276 g/mol. The van der Waals surface area contributed by atoms with Crippen LogP contribution in [0.5, 0.6) is 0 Å². The van der Waals surface area contributed by atoms with E-state index < -0.39 is 17.5 Å². The van der Waals surface area contributed by atoms with Gasteiger partial charge in [0.1, 0.15) is 0 Å². The first-order valence-electron chi connectivity index (χ1n) is 6.31. The molecule has 1 aliphatic rings. The Labute approximate surface area is 121 Å². The van der Waals surface area contributed by atoms with Crippen molar-refractivity contribution in [1.29, 1.82) is 0 Å². The van der Waals surface area contributed by atoms with E-state index in [1.165, 1.54) is 32.4 Å². The molecule has 0 spiro atoms. The zero-order valence-electron chi connectivity index (χ0n) is 11.8. The smallest absolute Gasteiger partial charge is 0.337 e. The molecule has 7 heteroatoms. The van der Waals surface area contributed by atoms with E-state index >= 15 is 0 Å². The third-order valence-corrected chi connectivity index (χ3v) is 3.27. The lowest BCUT2D eigenvalue weighted by atomic mass is 10.1. The Bertz CT molecular complexity index is 573. The lowest BCUT2D eigenvalue weighted by Crippen LogP contribution is -2.37. The van der Waals surface area contributed by atoms with Gasteiger partial charge in [-0.15, -0.1) is 0 Å². The van der Waals surface area contributed by atoms with Crippen molar-refractivity contribution >= 4 is 23.5 Å². The number of anilines is 1. The maximum Gasteiger partial charge on any atom is 0.337 e. The summed E-state index contributed by atoms with van der Waals surface area (Å²) in [6.45, 7) is 0. The predicted molar refractivity (Wildman–Crippen MR) is 73.9 cm³/mol. The third-order valence-electron chi connectivity index (χ3n) is 3.27. The van der Waals surface area contributed by atoms with Crippen molar-refractivity contribution in [3.05, 3.63) is 29.3 Å². The molecule has 0 heterocycles. The van der Waals surface area contributed by atoms with Gasteiger partial charge in [0.2, 0.25) is 5.91 Å². The van der Waals surface area contributed by atoms with Gasteiger partial charge in [0.05, 0.1) is 30.9 Å². The molecule has 0 aromatic heterocycles. The fraction of sp³-hybridized carbons (Fsp3) is 0.357. The van der Waals surface area contributed by atoms with E-state index in [2.05, 4.69) is 14.8 Å². The summed E-state index contributed by atoms with van der Waals surface area (Å²) in [5.41, 5.74) is 5.50. The molecule has 1 amide bonds. The van der Waals surface area contributed by atoms with Gasteiger partial charge in [-0.25, -0.2) is 9.59 Å². The molecule has 0 atom stereocenters. The van der Waals surface area contributed by atoms with Gasteiger partial charge in [-0.2, -0.15) is 0 Å². The molecular formula is C14H16N2O5. The van der Waals surface area contributed by atoms with Crippen molar-refractivity contribution in [2.45, 2.75) is 18.4 Å². The number of nitrogens with one attached hydrogen (secondary N) is 1. The number of ether oxygens (including phenoxy) is 2. The quantitative estimate of drug-likeness (QED) is 0.790. The number of benzene rings is 1. The highest BCUT2D eigenvalue weighted by Crippen LogP contribution is 2.33. The summed E-state index contributed by atoms with van der Waals surface area (Å²) in [4.78, 5) is 35.2. The third kappa shape index (κ3) is 3.19. The second-order valence-electron chi connectivity index (χ2n) is 4.89. The van der Waals surface area contributed by atoms with Gasteiger partial charge >= 0.3 is 11.9 Å². The SMILES string of the molecule is COC(=O)c1cc(NC(=O)C2(N)CC2)cc(C(=O)OC)c1. The van der Waals surface area contributed by atoms with Crippen LogP contribution in [0.4, 0.5) is 5.69 Å². The van der Waals surface area contributed by atoms with Crippen molar-refractivity contribution in [1.82, 2.24) is 0 Å². The number of hydrogen-bond acceptors (Lipinski definition) is 6. The van der Waals surface area contributed by atoms with Gasteiger partial charge in [-0.05, 0) is 31.0 Å². The van der Waals surface area contributed by atoms with Crippen molar-refractivity contribution in [3.63, 3.8) is 0 Å². The maximum absolute atomic E-state index is 11.9. The Morgan fingerprint density at radius 1 is 1.05 bits per heavy atom. The fourth-order valence-electron chi connectivity index (χ4n) is 1.79. The molecule has 1 saturated carbocycles. The lowest BCUT2D eigenvalue weighted by Gasteiger charge is -2.12. The minimum Gasteiger partial charge on any atom is -0.465 e. The monoisotopic (exact) mass is 292 g/mol. The van der Waals surface area contributed by atoms with Crippen LogP contribution in [0.2, 0.25) is 0 Å². The molecule has 1 fully saturated rings. The van der Waals surface area contributed by atoms with Crippen LogP contribution in [0.15, 0.2) is 18.2 Å². The molecule has 7 nitrogen and oxygen atoms in total. The summed E-state index contributed by atoms with van der Waals surface area (Å²) in [6.07, 6.45) is 1.22. The number of esters is 2. The Kier molecular flexibility index (Phi) is 3.95. The van der Waals surface area contributed by atoms with E-state index in [0.717, 1.165) is 0 Å². The molecule has 2 rings (SSSR count). The van der Waals surface area contributed by atoms with E-state index in [9.17, 15) is 14.4 Å². The summed E-state index contributed by atoms with van der Waals surface area (Å²) >= 11 is 0. The van der Waals surface area contributed by atoms with Crippen LogP contribution >= 0.6 is 0 Å². The number of nitrogens with two attached hydrogens (primary N) is 1. The first kappa shape index (κ1) is 15.0. The minimum absolute atomic E-state index is 0.137. The number of amides is 1. The topological polar surface area (TPSA) is 108 Å². The Morgan fingerprint density at radius 3 is 1.90 bits per heavy atom. The average molecular weight is 292 g/mol. The summed E-state index contributed by atoms with van der Waals surface area (Å²) in [6, 6.07) is 4.17. The zero-order valence-corrected chi connectivity index (χ0v) is 11.8. The first-order chi connectivity index (χ1) is 9.89. The van der Waals surface area contributed by atoms with Gasteiger partial charge in [0.15, 0.2) is 0 Å². The van der Waals surface area contributed by atoms with Crippen LogP contribution < -0.4 is 11.1 Å². The van der Waals surface area contributed by atoms with Crippen LogP contribution in [0.3, 0.4) is 0 Å². The molecule has 1 aliphatic carbocycles. The largest absolute Gasteiger partial charge is 0.465 e. The highest BCUT2D eigenvalue weighted by molar-refractivity contribution is 6.03. The van der Waals surface area contributed by atoms with Gasteiger partial charge < -0.3 is 20.5 Å². The van der Waals surface area contributed by atoms with Crippen molar-refractivity contribution in [2.24, 2.45) is 5.73 Å². The summed E-state index contributed by atoms with van der Waals surface area (Å²) in [5.74, 6) is -1.59. The second-order valence-corrected chi connectivity index (χ2v) is 4.89. The van der Waals surface area contributed by atoms with Gasteiger partial charge in [0, 0.05) is 5.69 Å². The van der Waals surface area contributed by atoms with Crippen molar-refractivity contribution in [2.75, 3.05) is 19.5 Å². The molecule has 0 unspecified atom stereocenters. The number of carbonyl (C=O) groups excluding carboxylic acids is 3. The van der Waals surface area contributed by atoms with Gasteiger partial charge in [0.25, 0.3) is 0 Å². The summed E-state index contributed by atoms with van der Waals surface area (Å²) < 4.78 is 9.23. The molecule has 0 saturated heterocycles. The zero-order chi connectivity index (χ0) is 15.6. The lowest BCUT2D eigenvalue weighted by molar-refractivity contribution is -0.118. The van der Waals surface area contributed by atoms with Crippen LogP contribution in [-0.2, 0) is 14.3 Å². The first-order valence-corrected chi connectivity index (χ1v) is 6.31. The van der Waals surface area contributed by atoms with Crippen LogP contribution in [0, 0.1) is 0 Å².